The van der Waals surface area contributed by atoms with E-state index in [0.717, 1.165) is 36.3 Å². The van der Waals surface area contributed by atoms with E-state index in [-0.39, 0.29) is 11.8 Å². The fraction of sp³-hybridized carbons (Fsp3) is 0.423. The van der Waals surface area contributed by atoms with Crippen LogP contribution >= 0.6 is 0 Å². The Kier molecular flexibility index (Phi) is 7.95. The van der Waals surface area contributed by atoms with Gasteiger partial charge in [0.05, 0.1) is 7.11 Å². The molecular weight excluding hydrogens is 372 g/mol. The fourth-order valence-corrected chi connectivity index (χ4v) is 4.12. The van der Waals surface area contributed by atoms with Gasteiger partial charge < -0.3 is 15.0 Å². The van der Waals surface area contributed by atoms with Crippen molar-refractivity contribution in [2.45, 2.75) is 58.3 Å². The number of aromatic nitrogens is 1. The van der Waals surface area contributed by atoms with Crippen LogP contribution in [0.25, 0.3) is 10.9 Å². The summed E-state index contributed by atoms with van der Waals surface area (Å²) in [5.41, 5.74) is 4.72. The molecule has 30 heavy (non-hydrogen) atoms. The molecule has 0 aliphatic rings. The quantitative estimate of drug-likeness (QED) is 0.386. The summed E-state index contributed by atoms with van der Waals surface area (Å²) in [6, 6.07) is 14.5. The average Bonchev–Trinajstić information content (AvgIpc) is 3.21. The highest BCUT2D eigenvalue weighted by Crippen LogP contribution is 2.35. The molecule has 1 heterocycles. The zero-order valence-corrected chi connectivity index (χ0v) is 18.5. The molecule has 0 saturated carbocycles. The van der Waals surface area contributed by atoms with Gasteiger partial charge in [0.2, 0.25) is 5.91 Å². The Morgan fingerprint density at radius 2 is 1.93 bits per heavy atom. The van der Waals surface area contributed by atoms with E-state index in [9.17, 15) is 4.79 Å². The number of unbranched alkanes of at least 4 members (excludes halogenated alkanes) is 3. The van der Waals surface area contributed by atoms with E-state index >= 15 is 0 Å². The van der Waals surface area contributed by atoms with Gasteiger partial charge >= 0.3 is 0 Å². The molecule has 0 saturated heterocycles. The molecule has 0 aliphatic carbocycles. The monoisotopic (exact) mass is 406 g/mol. The van der Waals surface area contributed by atoms with E-state index < -0.39 is 0 Å². The second-order valence-electron chi connectivity index (χ2n) is 7.88. The van der Waals surface area contributed by atoms with Crippen LogP contribution in [0.4, 0.5) is 0 Å². The van der Waals surface area contributed by atoms with Crippen molar-refractivity contribution in [3.63, 3.8) is 0 Å². The maximum absolute atomic E-state index is 12.8. The van der Waals surface area contributed by atoms with Gasteiger partial charge in [0, 0.05) is 36.0 Å². The predicted octanol–water partition coefficient (Wildman–Crippen LogP) is 5.96. The molecule has 4 heteroatoms. The van der Waals surface area contributed by atoms with Gasteiger partial charge in [0.15, 0.2) is 0 Å². The van der Waals surface area contributed by atoms with Crippen molar-refractivity contribution >= 4 is 16.8 Å². The van der Waals surface area contributed by atoms with Crippen LogP contribution in [0.1, 0.15) is 68.6 Å². The number of fused-ring (bicyclic) bond motifs is 1. The number of aromatic amines is 1. The largest absolute Gasteiger partial charge is 0.497 e. The summed E-state index contributed by atoms with van der Waals surface area (Å²) in [4.78, 5) is 16.3. The van der Waals surface area contributed by atoms with E-state index in [4.69, 9.17) is 4.74 Å². The predicted molar refractivity (Wildman–Crippen MR) is 124 cm³/mol. The van der Waals surface area contributed by atoms with Crippen LogP contribution in [0.3, 0.4) is 0 Å². The maximum atomic E-state index is 12.8. The maximum Gasteiger partial charge on any atom is 0.220 e. The van der Waals surface area contributed by atoms with Crippen molar-refractivity contribution in [1.29, 1.82) is 0 Å². The number of carbonyl (C=O) groups excluding carboxylic acids is 1. The number of benzene rings is 2. The van der Waals surface area contributed by atoms with Gasteiger partial charge in [-0.15, -0.1) is 0 Å². The van der Waals surface area contributed by atoms with E-state index in [2.05, 4.69) is 54.6 Å². The first kappa shape index (κ1) is 21.9. The van der Waals surface area contributed by atoms with Gasteiger partial charge in [-0.05, 0) is 41.7 Å². The number of ether oxygens (including phenoxy) is 1. The molecule has 0 spiro atoms. The highest BCUT2D eigenvalue weighted by molar-refractivity contribution is 5.88. The smallest absolute Gasteiger partial charge is 0.220 e. The number of nitrogens with one attached hydrogen (secondary N) is 2. The molecule has 160 valence electrons. The van der Waals surface area contributed by atoms with Crippen LogP contribution in [0.2, 0.25) is 0 Å². The third-order valence-corrected chi connectivity index (χ3v) is 5.83. The minimum Gasteiger partial charge on any atom is -0.497 e. The van der Waals surface area contributed by atoms with Crippen LogP contribution in [0.15, 0.2) is 48.7 Å². The summed E-state index contributed by atoms with van der Waals surface area (Å²) in [7, 11) is 1.68. The molecular formula is C26H34N2O2. The second kappa shape index (κ2) is 10.9. The molecule has 0 radical (unpaired) electrons. The van der Waals surface area contributed by atoms with Crippen LogP contribution in [-0.4, -0.2) is 24.5 Å². The molecule has 1 atom stereocenters. The molecule has 0 unspecified atom stereocenters. The first-order chi connectivity index (χ1) is 14.7. The normalized spacial score (nSPS) is 12.1. The van der Waals surface area contributed by atoms with E-state index in [1.165, 1.54) is 35.7 Å². The molecule has 0 fully saturated rings. The lowest BCUT2D eigenvalue weighted by molar-refractivity contribution is -0.121. The van der Waals surface area contributed by atoms with Crippen LogP contribution in [-0.2, 0) is 11.2 Å². The highest BCUT2D eigenvalue weighted by atomic mass is 16.5. The lowest BCUT2D eigenvalue weighted by atomic mass is 9.87. The van der Waals surface area contributed by atoms with Crippen molar-refractivity contribution in [2.24, 2.45) is 0 Å². The van der Waals surface area contributed by atoms with Crippen molar-refractivity contribution in [3.05, 3.63) is 65.4 Å². The first-order valence-electron chi connectivity index (χ1n) is 11.2. The summed E-state index contributed by atoms with van der Waals surface area (Å²) in [6.45, 7) is 5.11. The zero-order valence-electron chi connectivity index (χ0n) is 18.5. The number of aryl methyl sites for hydroxylation is 1. The Balaban J connectivity index is 1.88. The standard InChI is InChI=1S/C26H34N2O2/c1-4-6-7-8-15-27-25(29)17-23(20-12-9-13-21(16-20)30-3)24-18-28-26-19(5-2)11-10-14-22(24)26/h9-14,16,18,23,28H,4-8,15,17H2,1-3H3,(H,27,29)/t23-/m0/s1. The van der Waals surface area contributed by atoms with E-state index in [1.807, 2.05) is 18.2 Å². The van der Waals surface area contributed by atoms with Crippen molar-refractivity contribution in [3.8, 4) is 5.75 Å². The number of hydrogen-bond acceptors (Lipinski definition) is 2. The Morgan fingerprint density at radius 1 is 1.10 bits per heavy atom. The van der Waals surface area contributed by atoms with Crippen molar-refractivity contribution in [1.82, 2.24) is 10.3 Å². The molecule has 2 aromatic carbocycles. The number of para-hydroxylation sites is 1. The number of carbonyl (C=O) groups is 1. The molecule has 1 aromatic heterocycles. The minimum absolute atomic E-state index is 0.0309. The number of methoxy groups -OCH3 is 1. The Labute approximate surface area is 180 Å². The number of amides is 1. The molecule has 3 rings (SSSR count). The number of rotatable bonds is 11. The van der Waals surface area contributed by atoms with Crippen LogP contribution in [0.5, 0.6) is 5.75 Å². The van der Waals surface area contributed by atoms with Gasteiger partial charge in [0.25, 0.3) is 0 Å². The lowest BCUT2D eigenvalue weighted by Gasteiger charge is -2.18. The summed E-state index contributed by atoms with van der Waals surface area (Å²) >= 11 is 0. The second-order valence-corrected chi connectivity index (χ2v) is 7.88. The minimum atomic E-state index is -0.0309. The van der Waals surface area contributed by atoms with E-state index in [0.29, 0.717) is 6.42 Å². The van der Waals surface area contributed by atoms with Gasteiger partial charge in [-0.3, -0.25) is 4.79 Å². The van der Waals surface area contributed by atoms with Crippen molar-refractivity contribution in [2.75, 3.05) is 13.7 Å². The van der Waals surface area contributed by atoms with Crippen molar-refractivity contribution < 1.29 is 9.53 Å². The topological polar surface area (TPSA) is 54.1 Å². The van der Waals surface area contributed by atoms with Gasteiger partial charge in [-0.25, -0.2) is 0 Å². The highest BCUT2D eigenvalue weighted by Gasteiger charge is 2.22. The zero-order chi connectivity index (χ0) is 21.3. The van der Waals surface area contributed by atoms with Gasteiger partial charge in [0.1, 0.15) is 5.75 Å². The molecule has 3 aromatic rings. The third kappa shape index (κ3) is 5.24. The third-order valence-electron chi connectivity index (χ3n) is 5.83. The van der Waals surface area contributed by atoms with Crippen LogP contribution < -0.4 is 10.1 Å². The molecule has 0 bridgehead atoms. The number of hydrogen-bond donors (Lipinski definition) is 2. The summed E-state index contributed by atoms with van der Waals surface area (Å²) in [5, 5.41) is 4.32. The first-order valence-corrected chi connectivity index (χ1v) is 11.2. The fourth-order valence-electron chi connectivity index (χ4n) is 4.12. The van der Waals surface area contributed by atoms with E-state index in [1.54, 1.807) is 7.11 Å². The van der Waals surface area contributed by atoms with Gasteiger partial charge in [-0.1, -0.05) is 63.4 Å². The number of H-pyrrole nitrogens is 1. The summed E-state index contributed by atoms with van der Waals surface area (Å²) in [5.74, 6) is 0.878. The molecule has 4 nitrogen and oxygen atoms in total. The Hall–Kier alpha value is -2.75. The lowest BCUT2D eigenvalue weighted by Crippen LogP contribution is -2.26. The summed E-state index contributed by atoms with van der Waals surface area (Å²) in [6.07, 6.45) is 8.09. The Bertz CT molecular complexity index is 961. The molecule has 1 amide bonds. The van der Waals surface area contributed by atoms with Gasteiger partial charge in [-0.2, -0.15) is 0 Å². The summed E-state index contributed by atoms with van der Waals surface area (Å²) < 4.78 is 5.45. The van der Waals surface area contributed by atoms with Crippen LogP contribution in [0, 0.1) is 0 Å². The average molecular weight is 407 g/mol. The Morgan fingerprint density at radius 3 is 2.70 bits per heavy atom. The SMILES string of the molecule is CCCCCCNC(=O)C[C@@H](c1cccc(OC)c1)c1c[nH]c2c(CC)cccc12. The molecule has 0 aliphatic heterocycles. The molecule has 2 N–H and O–H groups in total.